The predicted molar refractivity (Wildman–Crippen MR) is 56.6 cm³/mol. The van der Waals surface area contributed by atoms with Crippen LogP contribution in [0.2, 0.25) is 0 Å². The van der Waals surface area contributed by atoms with Gasteiger partial charge < -0.3 is 11.1 Å². The molecule has 0 radical (unpaired) electrons. The Kier molecular flexibility index (Phi) is 3.31. The number of nitrogens with two attached hydrogens (primary N) is 1. The lowest BCUT2D eigenvalue weighted by molar-refractivity contribution is 0.0955. The van der Waals surface area contributed by atoms with E-state index in [4.69, 9.17) is 5.73 Å². The van der Waals surface area contributed by atoms with Gasteiger partial charge in [-0.25, -0.2) is 0 Å². The average molecular weight is 243 g/mol. The SMILES string of the molecule is CCNC(=O)c1cc(N)ccc1Br. The standard InChI is InChI=1S/C9H11BrN2O/c1-2-12-9(13)7-5-6(11)3-4-8(7)10/h3-5H,2,11H2,1H3,(H,12,13). The van der Waals surface area contributed by atoms with Crippen molar-refractivity contribution in [2.45, 2.75) is 6.92 Å². The fourth-order valence-corrected chi connectivity index (χ4v) is 1.40. The van der Waals surface area contributed by atoms with Crippen LogP contribution in [-0.2, 0) is 0 Å². The first kappa shape index (κ1) is 10.1. The van der Waals surface area contributed by atoms with Crippen molar-refractivity contribution < 1.29 is 4.79 Å². The number of hydrogen-bond acceptors (Lipinski definition) is 2. The Bertz CT molecular complexity index is 325. The van der Waals surface area contributed by atoms with E-state index in [-0.39, 0.29) is 5.91 Å². The number of hydrogen-bond donors (Lipinski definition) is 2. The summed E-state index contributed by atoms with van der Waals surface area (Å²) >= 11 is 3.28. The van der Waals surface area contributed by atoms with Gasteiger partial charge >= 0.3 is 0 Å². The summed E-state index contributed by atoms with van der Waals surface area (Å²) in [7, 11) is 0. The van der Waals surface area contributed by atoms with E-state index in [1.54, 1.807) is 18.2 Å². The second-order valence-corrected chi connectivity index (χ2v) is 3.45. The van der Waals surface area contributed by atoms with Crippen LogP contribution in [0, 0.1) is 0 Å². The summed E-state index contributed by atoms with van der Waals surface area (Å²) in [6.45, 7) is 2.48. The second kappa shape index (κ2) is 4.28. The zero-order valence-corrected chi connectivity index (χ0v) is 8.89. The van der Waals surface area contributed by atoms with Crippen LogP contribution >= 0.6 is 15.9 Å². The molecular weight excluding hydrogens is 232 g/mol. The predicted octanol–water partition coefficient (Wildman–Crippen LogP) is 1.78. The van der Waals surface area contributed by atoms with Gasteiger partial charge in [0.25, 0.3) is 5.91 Å². The van der Waals surface area contributed by atoms with E-state index >= 15 is 0 Å². The number of amides is 1. The highest BCUT2D eigenvalue weighted by atomic mass is 79.9. The van der Waals surface area contributed by atoms with E-state index in [0.717, 1.165) is 4.47 Å². The number of nitrogen functional groups attached to an aromatic ring is 1. The van der Waals surface area contributed by atoms with E-state index in [1.165, 1.54) is 0 Å². The third-order valence-corrected chi connectivity index (χ3v) is 2.26. The maximum atomic E-state index is 11.4. The van der Waals surface area contributed by atoms with Gasteiger partial charge in [0, 0.05) is 16.7 Å². The van der Waals surface area contributed by atoms with Crippen LogP contribution < -0.4 is 11.1 Å². The Balaban J connectivity index is 2.99. The highest BCUT2D eigenvalue weighted by Crippen LogP contribution is 2.19. The lowest BCUT2D eigenvalue weighted by atomic mass is 10.2. The lowest BCUT2D eigenvalue weighted by Crippen LogP contribution is -2.23. The van der Waals surface area contributed by atoms with Crippen molar-refractivity contribution in [1.82, 2.24) is 5.32 Å². The molecule has 3 nitrogen and oxygen atoms in total. The zero-order chi connectivity index (χ0) is 9.84. The summed E-state index contributed by atoms with van der Waals surface area (Å²) in [5, 5.41) is 2.71. The fourth-order valence-electron chi connectivity index (χ4n) is 0.973. The normalized spacial score (nSPS) is 9.69. The molecule has 0 saturated carbocycles. The number of nitrogens with one attached hydrogen (secondary N) is 1. The molecule has 70 valence electrons. The van der Waals surface area contributed by atoms with Crippen molar-refractivity contribution in [3.05, 3.63) is 28.2 Å². The van der Waals surface area contributed by atoms with Crippen LogP contribution in [-0.4, -0.2) is 12.5 Å². The van der Waals surface area contributed by atoms with Crippen LogP contribution in [0.3, 0.4) is 0 Å². The molecule has 0 aromatic heterocycles. The minimum Gasteiger partial charge on any atom is -0.399 e. The van der Waals surface area contributed by atoms with Crippen LogP contribution in [0.15, 0.2) is 22.7 Å². The quantitative estimate of drug-likeness (QED) is 0.778. The molecule has 13 heavy (non-hydrogen) atoms. The first-order valence-corrected chi connectivity index (χ1v) is 4.77. The molecule has 1 aromatic carbocycles. The molecule has 0 unspecified atom stereocenters. The summed E-state index contributed by atoms with van der Waals surface area (Å²) in [5.41, 5.74) is 6.72. The van der Waals surface area contributed by atoms with Crippen molar-refractivity contribution in [2.75, 3.05) is 12.3 Å². The molecule has 3 N–H and O–H groups in total. The Labute approximate surface area is 85.4 Å². The molecule has 1 aromatic rings. The Morgan fingerprint density at radius 2 is 2.31 bits per heavy atom. The molecule has 0 bridgehead atoms. The van der Waals surface area contributed by atoms with E-state index in [1.807, 2.05) is 6.92 Å². The van der Waals surface area contributed by atoms with Gasteiger partial charge in [-0.1, -0.05) is 0 Å². The van der Waals surface area contributed by atoms with E-state index in [0.29, 0.717) is 17.8 Å². The van der Waals surface area contributed by atoms with E-state index in [2.05, 4.69) is 21.2 Å². The van der Waals surface area contributed by atoms with Gasteiger partial charge in [0.05, 0.1) is 5.56 Å². The van der Waals surface area contributed by atoms with Crippen molar-refractivity contribution in [3.63, 3.8) is 0 Å². The maximum absolute atomic E-state index is 11.4. The summed E-state index contributed by atoms with van der Waals surface area (Å²) in [6.07, 6.45) is 0. The van der Waals surface area contributed by atoms with Gasteiger partial charge in [-0.2, -0.15) is 0 Å². The van der Waals surface area contributed by atoms with Gasteiger partial charge in [-0.3, -0.25) is 4.79 Å². The monoisotopic (exact) mass is 242 g/mol. The van der Waals surface area contributed by atoms with Crippen molar-refractivity contribution >= 4 is 27.5 Å². The van der Waals surface area contributed by atoms with Crippen LogP contribution in [0.25, 0.3) is 0 Å². The summed E-state index contributed by atoms with van der Waals surface area (Å²) in [6, 6.07) is 5.15. The number of carbonyl (C=O) groups excluding carboxylic acids is 1. The highest BCUT2D eigenvalue weighted by Gasteiger charge is 2.08. The highest BCUT2D eigenvalue weighted by molar-refractivity contribution is 9.10. The van der Waals surface area contributed by atoms with Crippen LogP contribution in [0.1, 0.15) is 17.3 Å². The first-order chi connectivity index (χ1) is 6.15. The van der Waals surface area contributed by atoms with Crippen LogP contribution in [0.5, 0.6) is 0 Å². The molecule has 0 heterocycles. The molecule has 0 aliphatic heterocycles. The van der Waals surface area contributed by atoms with Gasteiger partial charge in [0.15, 0.2) is 0 Å². The third kappa shape index (κ3) is 2.45. The van der Waals surface area contributed by atoms with Gasteiger partial charge in [0.1, 0.15) is 0 Å². The molecule has 0 spiro atoms. The number of carbonyl (C=O) groups is 1. The topological polar surface area (TPSA) is 55.1 Å². The molecule has 1 amide bonds. The number of rotatable bonds is 2. The Morgan fingerprint density at radius 3 is 2.92 bits per heavy atom. The average Bonchev–Trinajstić information content (AvgIpc) is 2.09. The molecule has 0 aliphatic carbocycles. The Hall–Kier alpha value is -1.03. The van der Waals surface area contributed by atoms with Crippen molar-refractivity contribution in [3.8, 4) is 0 Å². The molecule has 0 fully saturated rings. The molecule has 1 rings (SSSR count). The van der Waals surface area contributed by atoms with E-state index < -0.39 is 0 Å². The zero-order valence-electron chi connectivity index (χ0n) is 7.30. The minimum atomic E-state index is -0.110. The fraction of sp³-hybridized carbons (Fsp3) is 0.222. The summed E-state index contributed by atoms with van der Waals surface area (Å²) in [5.74, 6) is -0.110. The van der Waals surface area contributed by atoms with Crippen molar-refractivity contribution in [1.29, 1.82) is 0 Å². The number of anilines is 1. The second-order valence-electron chi connectivity index (χ2n) is 2.60. The number of halogens is 1. The molecule has 0 aliphatic rings. The minimum absolute atomic E-state index is 0.110. The van der Waals surface area contributed by atoms with Gasteiger partial charge in [-0.15, -0.1) is 0 Å². The summed E-state index contributed by atoms with van der Waals surface area (Å²) in [4.78, 5) is 11.4. The van der Waals surface area contributed by atoms with Crippen LogP contribution in [0.4, 0.5) is 5.69 Å². The maximum Gasteiger partial charge on any atom is 0.252 e. The molecule has 0 saturated heterocycles. The molecule has 4 heteroatoms. The third-order valence-electron chi connectivity index (χ3n) is 1.57. The largest absolute Gasteiger partial charge is 0.399 e. The van der Waals surface area contributed by atoms with E-state index in [9.17, 15) is 4.79 Å². The smallest absolute Gasteiger partial charge is 0.252 e. The summed E-state index contributed by atoms with van der Waals surface area (Å²) < 4.78 is 0.757. The van der Waals surface area contributed by atoms with Gasteiger partial charge in [-0.05, 0) is 41.1 Å². The number of benzene rings is 1. The first-order valence-electron chi connectivity index (χ1n) is 3.98. The van der Waals surface area contributed by atoms with Crippen molar-refractivity contribution in [2.24, 2.45) is 0 Å². The molecular formula is C9H11BrN2O. The Morgan fingerprint density at radius 1 is 1.62 bits per heavy atom. The lowest BCUT2D eigenvalue weighted by Gasteiger charge is -2.05. The van der Waals surface area contributed by atoms with Gasteiger partial charge in [0.2, 0.25) is 0 Å². The molecule has 0 atom stereocenters.